The molecule has 0 radical (unpaired) electrons. The first-order chi connectivity index (χ1) is 9.20. The Hall–Kier alpha value is -1.95. The molecule has 1 unspecified atom stereocenters. The van der Waals surface area contributed by atoms with Crippen LogP contribution in [0.4, 0.5) is 0 Å². The Morgan fingerprint density at radius 2 is 2.05 bits per heavy atom. The van der Waals surface area contributed by atoms with Crippen molar-refractivity contribution in [2.24, 2.45) is 5.41 Å². The molecule has 110 valence electrons. The number of aromatic nitrogens is 1. The maximum atomic E-state index is 11.9. The third-order valence-electron chi connectivity index (χ3n) is 2.60. The molecule has 3 N–H and O–H groups in total. The molecule has 0 spiro atoms. The van der Waals surface area contributed by atoms with Gasteiger partial charge in [-0.05, 0) is 24.0 Å². The van der Waals surface area contributed by atoms with Crippen molar-refractivity contribution in [2.75, 3.05) is 6.54 Å². The zero-order valence-electron chi connectivity index (χ0n) is 11.9. The number of carboxylic acids is 1. The summed E-state index contributed by atoms with van der Waals surface area (Å²) in [6.45, 7) is 6.02. The summed E-state index contributed by atoms with van der Waals surface area (Å²) in [5, 5.41) is 21.3. The second-order valence-corrected chi connectivity index (χ2v) is 5.83. The van der Waals surface area contributed by atoms with Gasteiger partial charge in [-0.25, -0.2) is 4.79 Å². The minimum absolute atomic E-state index is 0.0542. The molecular formula is C14H20N2O4. The van der Waals surface area contributed by atoms with E-state index in [9.17, 15) is 14.7 Å². The minimum Gasteiger partial charge on any atom is -0.478 e. The number of nitrogens with one attached hydrogen (secondary N) is 1. The molecule has 1 aromatic rings. The number of aliphatic hydroxyl groups is 1. The first-order valence-electron chi connectivity index (χ1n) is 6.35. The molecule has 0 aliphatic carbocycles. The van der Waals surface area contributed by atoms with Crippen molar-refractivity contribution in [1.82, 2.24) is 10.3 Å². The van der Waals surface area contributed by atoms with E-state index in [1.165, 1.54) is 18.3 Å². The van der Waals surface area contributed by atoms with E-state index in [1.807, 2.05) is 20.8 Å². The normalized spacial score (nSPS) is 12.8. The Bertz CT molecular complexity index is 494. The van der Waals surface area contributed by atoms with Crippen LogP contribution in [0.1, 0.15) is 48.0 Å². The molecule has 0 fully saturated rings. The number of hydrogen-bond donors (Lipinski definition) is 3. The Kier molecular flexibility index (Phi) is 5.21. The van der Waals surface area contributed by atoms with E-state index in [0.29, 0.717) is 6.42 Å². The van der Waals surface area contributed by atoms with Crippen molar-refractivity contribution in [2.45, 2.75) is 33.3 Å². The molecule has 0 aromatic carbocycles. The summed E-state index contributed by atoms with van der Waals surface area (Å²) in [6, 6.07) is 2.77. The number of pyridine rings is 1. The average molecular weight is 280 g/mol. The lowest BCUT2D eigenvalue weighted by Gasteiger charge is -2.22. The fourth-order valence-corrected chi connectivity index (χ4v) is 1.83. The van der Waals surface area contributed by atoms with E-state index in [4.69, 9.17) is 5.11 Å². The van der Waals surface area contributed by atoms with E-state index in [-0.39, 0.29) is 23.2 Å². The standard InChI is InChI=1S/C14H20N2O4/c1-14(2,3)7-9(17)8-16-12(18)11-10(13(19)20)5-4-6-15-11/h4-6,9,17H,7-8H2,1-3H3,(H,16,18)(H,19,20). The molecule has 1 atom stereocenters. The number of amides is 1. The number of aliphatic hydroxyl groups excluding tert-OH is 1. The van der Waals surface area contributed by atoms with Crippen molar-refractivity contribution in [3.05, 3.63) is 29.6 Å². The monoisotopic (exact) mass is 280 g/mol. The van der Waals surface area contributed by atoms with E-state index in [1.54, 1.807) is 0 Å². The maximum Gasteiger partial charge on any atom is 0.338 e. The van der Waals surface area contributed by atoms with Gasteiger partial charge < -0.3 is 15.5 Å². The first kappa shape index (κ1) is 16.1. The summed E-state index contributed by atoms with van der Waals surface area (Å²) in [4.78, 5) is 26.7. The van der Waals surface area contributed by atoms with Crippen LogP contribution in [0.5, 0.6) is 0 Å². The quantitative estimate of drug-likeness (QED) is 0.755. The number of carboxylic acid groups (broad SMARTS) is 1. The van der Waals surface area contributed by atoms with Crippen LogP contribution in [0.2, 0.25) is 0 Å². The van der Waals surface area contributed by atoms with Crippen molar-refractivity contribution < 1.29 is 19.8 Å². The Labute approximate surface area is 117 Å². The van der Waals surface area contributed by atoms with Crippen LogP contribution in [0.3, 0.4) is 0 Å². The van der Waals surface area contributed by atoms with Gasteiger partial charge >= 0.3 is 5.97 Å². The number of rotatable bonds is 5. The molecule has 6 heteroatoms. The van der Waals surface area contributed by atoms with E-state index in [2.05, 4.69) is 10.3 Å². The largest absolute Gasteiger partial charge is 0.478 e. The molecule has 0 saturated carbocycles. The first-order valence-corrected chi connectivity index (χ1v) is 6.35. The summed E-state index contributed by atoms with van der Waals surface area (Å²) in [5.41, 5.74) is -0.361. The number of carbonyl (C=O) groups is 2. The number of hydrogen-bond acceptors (Lipinski definition) is 4. The molecule has 20 heavy (non-hydrogen) atoms. The van der Waals surface area contributed by atoms with E-state index < -0.39 is 18.0 Å². The minimum atomic E-state index is -1.21. The van der Waals surface area contributed by atoms with E-state index in [0.717, 1.165) is 0 Å². The van der Waals surface area contributed by atoms with Crippen molar-refractivity contribution >= 4 is 11.9 Å². The molecule has 0 bridgehead atoms. The van der Waals surface area contributed by atoms with Crippen LogP contribution in [-0.2, 0) is 0 Å². The highest BCUT2D eigenvalue weighted by Gasteiger charge is 2.20. The highest BCUT2D eigenvalue weighted by atomic mass is 16.4. The van der Waals surface area contributed by atoms with Gasteiger partial charge in [0.05, 0.1) is 11.7 Å². The summed E-state index contributed by atoms with van der Waals surface area (Å²) in [7, 11) is 0. The van der Waals surface area contributed by atoms with Crippen LogP contribution in [0.15, 0.2) is 18.3 Å². The lowest BCUT2D eigenvalue weighted by atomic mass is 9.89. The molecule has 1 amide bonds. The number of carbonyl (C=O) groups excluding carboxylic acids is 1. The molecular weight excluding hydrogens is 260 g/mol. The summed E-state index contributed by atoms with van der Waals surface area (Å²) in [6.07, 6.45) is 1.20. The van der Waals surface area contributed by atoms with Gasteiger partial charge in [-0.3, -0.25) is 9.78 Å². The van der Waals surface area contributed by atoms with Crippen LogP contribution in [0, 0.1) is 5.41 Å². The predicted molar refractivity (Wildman–Crippen MR) is 73.6 cm³/mol. The second kappa shape index (κ2) is 6.47. The van der Waals surface area contributed by atoms with Crippen molar-refractivity contribution in [3.8, 4) is 0 Å². The molecule has 0 aliphatic rings. The third-order valence-corrected chi connectivity index (χ3v) is 2.60. The van der Waals surface area contributed by atoms with Crippen LogP contribution >= 0.6 is 0 Å². The zero-order chi connectivity index (χ0) is 15.3. The predicted octanol–water partition coefficient (Wildman–Crippen LogP) is 1.31. The topological polar surface area (TPSA) is 99.5 Å². The highest BCUT2D eigenvalue weighted by molar-refractivity contribution is 6.03. The highest BCUT2D eigenvalue weighted by Crippen LogP contribution is 2.20. The van der Waals surface area contributed by atoms with Gasteiger partial charge in [-0.15, -0.1) is 0 Å². The molecule has 0 saturated heterocycles. The maximum absolute atomic E-state index is 11.9. The smallest absolute Gasteiger partial charge is 0.338 e. The van der Waals surface area contributed by atoms with Crippen LogP contribution < -0.4 is 5.32 Å². The van der Waals surface area contributed by atoms with Gasteiger partial charge in [-0.2, -0.15) is 0 Å². The van der Waals surface area contributed by atoms with Gasteiger partial charge in [-0.1, -0.05) is 20.8 Å². The van der Waals surface area contributed by atoms with Crippen LogP contribution in [-0.4, -0.2) is 39.7 Å². The SMILES string of the molecule is CC(C)(C)CC(O)CNC(=O)c1ncccc1C(=O)O. The average Bonchev–Trinajstić information content (AvgIpc) is 2.33. The Balaban J connectivity index is 2.66. The van der Waals surface area contributed by atoms with Gasteiger partial charge in [0.15, 0.2) is 0 Å². The molecule has 1 heterocycles. The number of aromatic carboxylic acids is 1. The van der Waals surface area contributed by atoms with Gasteiger partial charge in [0.25, 0.3) is 5.91 Å². The Morgan fingerprint density at radius 3 is 2.60 bits per heavy atom. The van der Waals surface area contributed by atoms with Gasteiger partial charge in [0.1, 0.15) is 5.69 Å². The molecule has 0 aliphatic heterocycles. The molecule has 1 rings (SSSR count). The lowest BCUT2D eigenvalue weighted by molar-refractivity contribution is 0.0689. The third kappa shape index (κ3) is 4.97. The van der Waals surface area contributed by atoms with Gasteiger partial charge in [0.2, 0.25) is 0 Å². The van der Waals surface area contributed by atoms with Crippen molar-refractivity contribution in [3.63, 3.8) is 0 Å². The second-order valence-electron chi connectivity index (χ2n) is 5.83. The van der Waals surface area contributed by atoms with E-state index >= 15 is 0 Å². The Morgan fingerprint density at radius 1 is 1.40 bits per heavy atom. The fraction of sp³-hybridized carbons (Fsp3) is 0.500. The molecule has 6 nitrogen and oxygen atoms in total. The summed E-state index contributed by atoms with van der Waals surface area (Å²) < 4.78 is 0. The van der Waals surface area contributed by atoms with Gasteiger partial charge in [0, 0.05) is 12.7 Å². The fourth-order valence-electron chi connectivity index (χ4n) is 1.83. The lowest BCUT2D eigenvalue weighted by Crippen LogP contribution is -2.35. The summed E-state index contributed by atoms with van der Waals surface area (Å²) in [5.74, 6) is -1.81. The molecule has 1 aromatic heterocycles. The van der Waals surface area contributed by atoms with Crippen molar-refractivity contribution in [1.29, 1.82) is 0 Å². The zero-order valence-corrected chi connectivity index (χ0v) is 11.9. The van der Waals surface area contributed by atoms with Crippen LogP contribution in [0.25, 0.3) is 0 Å². The number of nitrogens with zero attached hydrogens (tertiary/aromatic N) is 1. The summed E-state index contributed by atoms with van der Waals surface area (Å²) >= 11 is 0.